The van der Waals surface area contributed by atoms with E-state index in [1.807, 2.05) is 0 Å². The highest BCUT2D eigenvalue weighted by Crippen LogP contribution is 2.13. The average molecular weight is 237 g/mol. The van der Waals surface area contributed by atoms with Crippen molar-refractivity contribution in [2.75, 3.05) is 6.16 Å². The van der Waals surface area contributed by atoms with Crippen molar-refractivity contribution in [1.82, 2.24) is 5.32 Å². The second-order valence-corrected chi connectivity index (χ2v) is 4.05. The molecular weight excluding hydrogens is 221 g/mol. The van der Waals surface area contributed by atoms with Crippen LogP contribution in [0.2, 0.25) is 0 Å². The van der Waals surface area contributed by atoms with Gasteiger partial charge in [-0.15, -0.1) is 9.24 Å². The van der Waals surface area contributed by atoms with Gasteiger partial charge in [-0.1, -0.05) is 31.9 Å². The molecule has 86 valence electrons. The maximum atomic E-state index is 10.9. The van der Waals surface area contributed by atoms with E-state index in [4.69, 9.17) is 0 Å². The molecule has 1 aliphatic rings. The first-order valence-electron chi connectivity index (χ1n) is 5.35. The second-order valence-electron chi connectivity index (χ2n) is 3.47. The molecule has 1 unspecified atom stereocenters. The third-order valence-corrected chi connectivity index (χ3v) is 2.61. The second kappa shape index (κ2) is 6.39. The van der Waals surface area contributed by atoms with Crippen molar-refractivity contribution < 1.29 is 9.59 Å². The molecule has 1 aromatic carbocycles. The normalized spacial score (nSPS) is 12.6. The number of unbranched alkanes of at least 4 members (excludes halogenated alkanes) is 1. The fraction of sp³-hybridized carbons (Fsp3) is 0.333. The molecule has 1 aromatic rings. The molecule has 1 heterocycles. The molecule has 0 fully saturated rings. The molecule has 4 heteroatoms. The van der Waals surface area contributed by atoms with Crippen LogP contribution in [0.15, 0.2) is 24.3 Å². The van der Waals surface area contributed by atoms with Crippen molar-refractivity contribution in [3.05, 3.63) is 35.4 Å². The summed E-state index contributed by atoms with van der Waals surface area (Å²) < 4.78 is 0. The van der Waals surface area contributed by atoms with Gasteiger partial charge in [0.1, 0.15) is 0 Å². The van der Waals surface area contributed by atoms with E-state index >= 15 is 0 Å². The third-order valence-electron chi connectivity index (χ3n) is 2.20. The highest BCUT2D eigenvalue weighted by Gasteiger charge is 2.25. The van der Waals surface area contributed by atoms with Crippen molar-refractivity contribution in [2.24, 2.45) is 0 Å². The van der Waals surface area contributed by atoms with Gasteiger partial charge in [-0.3, -0.25) is 14.9 Å². The summed E-state index contributed by atoms with van der Waals surface area (Å²) in [6.45, 7) is 2.20. The lowest BCUT2D eigenvalue weighted by atomic mass is 10.1. The van der Waals surface area contributed by atoms with E-state index in [1.54, 1.807) is 24.3 Å². The number of rotatable bonds is 2. The number of carbonyl (C=O) groups excluding carboxylic acids is 2. The standard InChI is InChI=1S/C8H5NO2.C4H11P/c10-7-5-3-1-2-4-6(5)8(11)9-7;1-2-3-4-5/h1-4H,(H,9,10,11);2-5H2,1H3. The summed E-state index contributed by atoms with van der Waals surface area (Å²) in [5, 5.41) is 2.20. The Balaban J connectivity index is 0.000000221. The Morgan fingerprint density at radius 1 is 1.12 bits per heavy atom. The molecule has 0 aromatic heterocycles. The van der Waals surface area contributed by atoms with Crippen LogP contribution >= 0.6 is 9.24 Å². The minimum atomic E-state index is -0.300. The quantitative estimate of drug-likeness (QED) is 0.633. The molecule has 0 bridgehead atoms. The van der Waals surface area contributed by atoms with Crippen molar-refractivity contribution >= 4 is 21.1 Å². The van der Waals surface area contributed by atoms with Gasteiger partial charge in [-0.25, -0.2) is 0 Å². The molecule has 2 amide bonds. The third kappa shape index (κ3) is 3.14. The minimum Gasteiger partial charge on any atom is -0.288 e. The summed E-state index contributed by atoms with van der Waals surface area (Å²) in [6, 6.07) is 6.74. The molecule has 0 saturated carbocycles. The van der Waals surface area contributed by atoms with Crippen molar-refractivity contribution in [3.63, 3.8) is 0 Å². The van der Waals surface area contributed by atoms with Gasteiger partial charge < -0.3 is 0 Å². The summed E-state index contributed by atoms with van der Waals surface area (Å²) in [5.74, 6) is -0.601. The first-order chi connectivity index (χ1) is 7.70. The minimum absolute atomic E-state index is 0.300. The fourth-order valence-electron chi connectivity index (χ4n) is 1.32. The van der Waals surface area contributed by atoms with Crippen LogP contribution in [0.1, 0.15) is 40.5 Å². The number of fused-ring (bicyclic) bond motifs is 1. The fourth-order valence-corrected chi connectivity index (χ4v) is 1.73. The smallest absolute Gasteiger partial charge is 0.258 e. The van der Waals surface area contributed by atoms with Crippen LogP contribution in [-0.2, 0) is 0 Å². The van der Waals surface area contributed by atoms with Gasteiger partial charge in [-0.05, 0) is 18.3 Å². The lowest BCUT2D eigenvalue weighted by molar-refractivity contribution is 0.0879. The Morgan fingerprint density at radius 3 is 1.94 bits per heavy atom. The van der Waals surface area contributed by atoms with Crippen molar-refractivity contribution in [1.29, 1.82) is 0 Å². The molecule has 2 rings (SSSR count). The van der Waals surface area contributed by atoms with Gasteiger partial charge in [0, 0.05) is 0 Å². The van der Waals surface area contributed by atoms with Crippen LogP contribution in [0, 0.1) is 0 Å². The topological polar surface area (TPSA) is 46.2 Å². The van der Waals surface area contributed by atoms with Gasteiger partial charge in [0.15, 0.2) is 0 Å². The summed E-state index contributed by atoms with van der Waals surface area (Å²) in [7, 11) is 2.70. The van der Waals surface area contributed by atoms with Crippen LogP contribution in [0.25, 0.3) is 0 Å². The molecule has 3 nitrogen and oxygen atoms in total. The average Bonchev–Trinajstić information content (AvgIpc) is 2.58. The largest absolute Gasteiger partial charge is 0.288 e. The maximum absolute atomic E-state index is 10.9. The summed E-state index contributed by atoms with van der Waals surface area (Å²) in [4.78, 5) is 21.9. The zero-order valence-electron chi connectivity index (χ0n) is 9.32. The van der Waals surface area contributed by atoms with Crippen LogP contribution in [0.3, 0.4) is 0 Å². The predicted molar refractivity (Wildman–Crippen MR) is 67.7 cm³/mol. The molecule has 1 aliphatic heterocycles. The number of nitrogens with one attached hydrogen (secondary N) is 1. The van der Waals surface area contributed by atoms with E-state index in [9.17, 15) is 9.59 Å². The first kappa shape index (κ1) is 12.9. The van der Waals surface area contributed by atoms with Crippen LogP contribution in [-0.4, -0.2) is 18.0 Å². The summed E-state index contributed by atoms with van der Waals surface area (Å²) in [5.41, 5.74) is 0.940. The van der Waals surface area contributed by atoms with E-state index in [0.717, 1.165) is 0 Å². The van der Waals surface area contributed by atoms with Gasteiger partial charge in [0.05, 0.1) is 11.1 Å². The number of carbonyl (C=O) groups is 2. The van der Waals surface area contributed by atoms with Gasteiger partial charge in [0.2, 0.25) is 0 Å². The SMILES string of the molecule is CCCCP.O=C1NC(=O)c2ccccc21. The van der Waals surface area contributed by atoms with Crippen LogP contribution in [0.4, 0.5) is 0 Å². The summed E-state index contributed by atoms with van der Waals surface area (Å²) >= 11 is 0. The van der Waals surface area contributed by atoms with Gasteiger partial charge in [-0.2, -0.15) is 0 Å². The van der Waals surface area contributed by atoms with Crippen molar-refractivity contribution in [2.45, 2.75) is 19.8 Å². The van der Waals surface area contributed by atoms with Crippen LogP contribution < -0.4 is 5.32 Å². The highest BCUT2D eigenvalue weighted by atomic mass is 31.0. The molecule has 1 N–H and O–H groups in total. The molecule has 16 heavy (non-hydrogen) atoms. The molecule has 0 radical (unpaired) electrons. The van der Waals surface area contributed by atoms with E-state index in [1.165, 1.54) is 19.0 Å². The number of imide groups is 1. The summed E-state index contributed by atoms with van der Waals surface area (Å²) in [6.07, 6.45) is 3.94. The van der Waals surface area contributed by atoms with E-state index in [-0.39, 0.29) is 11.8 Å². The van der Waals surface area contributed by atoms with Gasteiger partial charge in [0.25, 0.3) is 11.8 Å². The Morgan fingerprint density at radius 2 is 1.62 bits per heavy atom. The highest BCUT2D eigenvalue weighted by molar-refractivity contribution is 7.16. The Labute approximate surface area is 97.8 Å². The first-order valence-corrected chi connectivity index (χ1v) is 6.17. The zero-order valence-corrected chi connectivity index (χ0v) is 10.5. The predicted octanol–water partition coefficient (Wildman–Crippen LogP) is 2.23. The number of hydrogen-bond acceptors (Lipinski definition) is 2. The Hall–Kier alpha value is -1.21. The van der Waals surface area contributed by atoms with Crippen LogP contribution in [0.5, 0.6) is 0 Å². The molecule has 0 aliphatic carbocycles. The Bertz CT molecular complexity index is 355. The lowest BCUT2D eigenvalue weighted by Crippen LogP contribution is -2.19. The maximum Gasteiger partial charge on any atom is 0.258 e. The van der Waals surface area contributed by atoms with E-state index < -0.39 is 0 Å². The lowest BCUT2D eigenvalue weighted by Gasteiger charge is -1.88. The number of hydrogen-bond donors (Lipinski definition) is 1. The monoisotopic (exact) mass is 237 g/mol. The number of benzene rings is 1. The van der Waals surface area contributed by atoms with Crippen molar-refractivity contribution in [3.8, 4) is 0 Å². The zero-order chi connectivity index (χ0) is 12.0. The van der Waals surface area contributed by atoms with E-state index in [0.29, 0.717) is 11.1 Å². The Kier molecular flexibility index (Phi) is 5.13. The molecule has 0 saturated heterocycles. The molecule has 0 spiro atoms. The molecule has 1 atom stereocenters. The number of amides is 2. The van der Waals surface area contributed by atoms with Gasteiger partial charge >= 0.3 is 0 Å². The van der Waals surface area contributed by atoms with E-state index in [2.05, 4.69) is 21.5 Å². The molecular formula is C12H16NO2P.